The van der Waals surface area contributed by atoms with E-state index in [9.17, 15) is 9.59 Å². The van der Waals surface area contributed by atoms with E-state index in [4.69, 9.17) is 0 Å². The summed E-state index contributed by atoms with van der Waals surface area (Å²) in [5.41, 5.74) is 5.74. The fourth-order valence-electron chi connectivity index (χ4n) is 6.26. The maximum atomic E-state index is 12.7. The second-order valence-corrected chi connectivity index (χ2v) is 11.4. The van der Waals surface area contributed by atoms with Gasteiger partial charge in [0.25, 0.3) is 0 Å². The van der Waals surface area contributed by atoms with Crippen molar-refractivity contribution < 1.29 is 9.59 Å². The molecule has 4 N–H and O–H groups in total. The number of carbonyl (C=O) groups excluding carboxylic acids is 2. The number of aromatic nitrogens is 6. The Balaban J connectivity index is 0.932. The largest absolute Gasteiger partial charge is 0.361 e. The molecular weight excluding hydrogens is 552 g/mol. The molecule has 0 aliphatic heterocycles. The first-order valence-electron chi connectivity index (χ1n) is 15.0. The molecule has 1 aliphatic carbocycles. The molecule has 4 heterocycles. The molecule has 2 atom stereocenters. The summed E-state index contributed by atoms with van der Waals surface area (Å²) in [7, 11) is 0. The molecule has 2 aromatic carbocycles. The van der Waals surface area contributed by atoms with Crippen LogP contribution in [0.15, 0.2) is 85.2 Å². The van der Waals surface area contributed by atoms with Gasteiger partial charge in [0.2, 0.25) is 11.8 Å². The van der Waals surface area contributed by atoms with Crippen molar-refractivity contribution in [3.05, 3.63) is 108 Å². The Morgan fingerprint density at radius 1 is 0.636 bits per heavy atom. The van der Waals surface area contributed by atoms with Crippen molar-refractivity contribution in [2.45, 2.75) is 50.4 Å². The standard InChI is InChI=1S/C34H32N8O2/c43-33(17-23-19-35-29-10-3-1-8-25(23)29)37-31-14-12-27(39-41-31)21-6-5-7-22(16-21)28-13-15-32(42-40-28)38-34(44)18-24-20-36-30-11-4-2-9-26(24)30/h1-4,8-15,19-22,35-36H,5-7,16-18H2,(H,37,41,43)(H,38,42,44). The van der Waals surface area contributed by atoms with Crippen LogP contribution in [0.3, 0.4) is 0 Å². The molecule has 10 heteroatoms. The average Bonchev–Trinajstić information content (AvgIpc) is 3.66. The highest BCUT2D eigenvalue weighted by Crippen LogP contribution is 2.40. The Bertz CT molecular complexity index is 1790. The molecule has 0 bridgehead atoms. The predicted molar refractivity (Wildman–Crippen MR) is 169 cm³/mol. The van der Waals surface area contributed by atoms with Crippen molar-refractivity contribution in [3.8, 4) is 0 Å². The fourth-order valence-corrected chi connectivity index (χ4v) is 6.26. The molecule has 2 unspecified atom stereocenters. The monoisotopic (exact) mass is 584 g/mol. The van der Waals surface area contributed by atoms with Gasteiger partial charge in [-0.1, -0.05) is 42.8 Å². The molecule has 2 amide bonds. The SMILES string of the molecule is O=C(Cc1c[nH]c2ccccc12)Nc1ccc(C2CCCC(c3ccc(NC(=O)Cc4c[nH]c5ccccc45)nn3)C2)nn1. The summed E-state index contributed by atoms with van der Waals surface area (Å²) in [6, 6.07) is 23.4. The zero-order valence-corrected chi connectivity index (χ0v) is 24.1. The summed E-state index contributed by atoms with van der Waals surface area (Å²) in [5.74, 6) is 1.11. The van der Waals surface area contributed by atoms with Gasteiger partial charge in [-0.3, -0.25) is 9.59 Å². The Morgan fingerprint density at radius 3 is 1.57 bits per heavy atom. The summed E-state index contributed by atoms with van der Waals surface area (Å²) in [4.78, 5) is 31.8. The summed E-state index contributed by atoms with van der Waals surface area (Å²) in [6.07, 6.45) is 8.24. The summed E-state index contributed by atoms with van der Waals surface area (Å²) in [5, 5.41) is 25.4. The Kier molecular flexibility index (Phi) is 7.54. The predicted octanol–water partition coefficient (Wildman–Crippen LogP) is 6.03. The Labute approximate surface area is 253 Å². The number of benzene rings is 2. The lowest BCUT2D eigenvalue weighted by molar-refractivity contribution is -0.116. The summed E-state index contributed by atoms with van der Waals surface area (Å²) >= 11 is 0. The molecular formula is C34H32N8O2. The summed E-state index contributed by atoms with van der Waals surface area (Å²) < 4.78 is 0. The highest BCUT2D eigenvalue weighted by molar-refractivity contribution is 5.96. The minimum absolute atomic E-state index is 0.134. The fraction of sp³-hybridized carbons (Fsp3) is 0.235. The first kappa shape index (κ1) is 27.5. The second kappa shape index (κ2) is 12.1. The third kappa shape index (κ3) is 5.92. The molecule has 44 heavy (non-hydrogen) atoms. The first-order chi connectivity index (χ1) is 21.6. The van der Waals surface area contributed by atoms with E-state index in [0.717, 1.165) is 70.0 Å². The van der Waals surface area contributed by atoms with Crippen molar-refractivity contribution >= 4 is 45.3 Å². The number of anilines is 2. The van der Waals surface area contributed by atoms with Gasteiger partial charge >= 0.3 is 0 Å². The lowest BCUT2D eigenvalue weighted by Crippen LogP contribution is -2.18. The van der Waals surface area contributed by atoms with Crippen molar-refractivity contribution in [2.75, 3.05) is 10.6 Å². The summed E-state index contributed by atoms with van der Waals surface area (Å²) in [6.45, 7) is 0. The van der Waals surface area contributed by atoms with Crippen LogP contribution in [0.2, 0.25) is 0 Å². The molecule has 7 rings (SSSR count). The lowest BCUT2D eigenvalue weighted by atomic mass is 9.78. The van der Waals surface area contributed by atoms with Crippen LogP contribution in [-0.2, 0) is 22.4 Å². The smallest absolute Gasteiger partial charge is 0.230 e. The van der Waals surface area contributed by atoms with E-state index in [1.165, 1.54) is 0 Å². The molecule has 10 nitrogen and oxygen atoms in total. The van der Waals surface area contributed by atoms with Gasteiger partial charge in [0, 0.05) is 46.0 Å². The topological polar surface area (TPSA) is 141 Å². The van der Waals surface area contributed by atoms with Gasteiger partial charge in [-0.05, 0) is 66.8 Å². The van der Waals surface area contributed by atoms with E-state index in [2.05, 4.69) is 41.0 Å². The van der Waals surface area contributed by atoms with Gasteiger partial charge in [-0.15, -0.1) is 10.2 Å². The molecule has 6 aromatic rings. The van der Waals surface area contributed by atoms with Crippen LogP contribution in [-0.4, -0.2) is 42.2 Å². The molecule has 220 valence electrons. The van der Waals surface area contributed by atoms with Gasteiger partial charge in [0.05, 0.1) is 24.2 Å². The number of aromatic amines is 2. The van der Waals surface area contributed by atoms with Crippen molar-refractivity contribution in [1.82, 2.24) is 30.4 Å². The maximum Gasteiger partial charge on any atom is 0.230 e. The zero-order chi connectivity index (χ0) is 29.9. The van der Waals surface area contributed by atoms with Crippen LogP contribution < -0.4 is 10.6 Å². The van der Waals surface area contributed by atoms with Crippen LogP contribution in [0.25, 0.3) is 21.8 Å². The van der Waals surface area contributed by atoms with E-state index in [-0.39, 0.29) is 36.5 Å². The van der Waals surface area contributed by atoms with Gasteiger partial charge in [0.1, 0.15) is 0 Å². The number of carbonyl (C=O) groups is 2. The number of fused-ring (bicyclic) bond motifs is 2. The number of H-pyrrole nitrogens is 2. The van der Waals surface area contributed by atoms with E-state index in [1.54, 1.807) is 0 Å². The minimum atomic E-state index is -0.134. The third-order valence-electron chi connectivity index (χ3n) is 8.47. The van der Waals surface area contributed by atoms with Crippen LogP contribution >= 0.6 is 0 Å². The van der Waals surface area contributed by atoms with Crippen LogP contribution in [0.1, 0.15) is 60.0 Å². The van der Waals surface area contributed by atoms with E-state index < -0.39 is 0 Å². The number of rotatable bonds is 8. The number of nitrogens with zero attached hydrogens (tertiary/aromatic N) is 4. The third-order valence-corrected chi connectivity index (χ3v) is 8.47. The Morgan fingerprint density at radius 2 is 1.11 bits per heavy atom. The van der Waals surface area contributed by atoms with Gasteiger partial charge in [-0.2, -0.15) is 10.2 Å². The van der Waals surface area contributed by atoms with E-state index in [0.29, 0.717) is 11.6 Å². The number of amides is 2. The normalized spacial score (nSPS) is 16.6. The Hall–Kier alpha value is -5.38. The zero-order valence-electron chi connectivity index (χ0n) is 24.1. The number of nitrogens with one attached hydrogen (secondary N) is 4. The van der Waals surface area contributed by atoms with Crippen molar-refractivity contribution in [2.24, 2.45) is 0 Å². The molecule has 1 aliphatic rings. The number of para-hydroxylation sites is 2. The maximum absolute atomic E-state index is 12.7. The number of hydrogen-bond acceptors (Lipinski definition) is 6. The molecule has 0 saturated heterocycles. The van der Waals surface area contributed by atoms with E-state index in [1.807, 2.05) is 85.2 Å². The average molecular weight is 585 g/mol. The van der Waals surface area contributed by atoms with Crippen molar-refractivity contribution in [1.29, 1.82) is 0 Å². The highest BCUT2D eigenvalue weighted by atomic mass is 16.2. The first-order valence-corrected chi connectivity index (χ1v) is 15.0. The van der Waals surface area contributed by atoms with Gasteiger partial charge < -0.3 is 20.6 Å². The highest BCUT2D eigenvalue weighted by Gasteiger charge is 2.27. The van der Waals surface area contributed by atoms with E-state index >= 15 is 0 Å². The van der Waals surface area contributed by atoms with Crippen LogP contribution in [0.4, 0.5) is 11.6 Å². The molecule has 0 spiro atoms. The number of hydrogen-bond donors (Lipinski definition) is 4. The molecule has 0 radical (unpaired) electrons. The quantitative estimate of drug-likeness (QED) is 0.172. The molecule has 4 aromatic heterocycles. The molecule has 1 saturated carbocycles. The van der Waals surface area contributed by atoms with Gasteiger partial charge in [-0.25, -0.2) is 0 Å². The van der Waals surface area contributed by atoms with Crippen LogP contribution in [0.5, 0.6) is 0 Å². The van der Waals surface area contributed by atoms with Crippen LogP contribution in [0, 0.1) is 0 Å². The van der Waals surface area contributed by atoms with Crippen molar-refractivity contribution in [3.63, 3.8) is 0 Å². The second-order valence-electron chi connectivity index (χ2n) is 11.4. The minimum Gasteiger partial charge on any atom is -0.361 e. The van der Waals surface area contributed by atoms with Gasteiger partial charge in [0.15, 0.2) is 11.6 Å². The molecule has 1 fully saturated rings. The lowest BCUT2D eigenvalue weighted by Gasteiger charge is -2.28.